The van der Waals surface area contributed by atoms with Crippen LogP contribution in [0.15, 0.2) is 18.2 Å². The van der Waals surface area contributed by atoms with Gasteiger partial charge in [0.25, 0.3) is 0 Å². The van der Waals surface area contributed by atoms with Gasteiger partial charge in [0.1, 0.15) is 0 Å². The summed E-state index contributed by atoms with van der Waals surface area (Å²) < 4.78 is 0. The molecule has 0 heterocycles. The fourth-order valence-electron chi connectivity index (χ4n) is 1.44. The zero-order chi connectivity index (χ0) is 11.3. The summed E-state index contributed by atoms with van der Waals surface area (Å²) in [7, 11) is 0. The normalized spacial score (nSPS) is 10.3. The van der Waals surface area contributed by atoms with E-state index in [2.05, 4.69) is 31.9 Å². The van der Waals surface area contributed by atoms with Gasteiger partial charge in [0.2, 0.25) is 0 Å². The Morgan fingerprint density at radius 2 is 1.73 bits per heavy atom. The maximum atomic E-state index is 10.8. The molecule has 0 aliphatic carbocycles. The summed E-state index contributed by atoms with van der Waals surface area (Å²) in [6, 6.07) is 5.34. The molecule has 1 aromatic rings. The molecule has 0 spiro atoms. The van der Waals surface area contributed by atoms with Crippen molar-refractivity contribution >= 4 is 37.8 Å². The molecule has 1 rings (SSSR count). The maximum Gasteiger partial charge on any atom is 0.335 e. The van der Waals surface area contributed by atoms with Crippen molar-refractivity contribution in [2.24, 2.45) is 0 Å². The number of carbonyl (C=O) groups is 1. The summed E-state index contributed by atoms with van der Waals surface area (Å²) in [5.74, 6) is -0.865. The van der Waals surface area contributed by atoms with E-state index in [9.17, 15) is 4.79 Å². The average Bonchev–Trinajstić information content (AvgIpc) is 2.21. The molecule has 0 saturated heterocycles. The van der Waals surface area contributed by atoms with E-state index in [0.29, 0.717) is 5.56 Å². The van der Waals surface area contributed by atoms with Crippen LogP contribution in [0.5, 0.6) is 0 Å². The van der Waals surface area contributed by atoms with E-state index in [0.717, 1.165) is 29.1 Å². The molecular weight excluding hydrogens is 324 g/mol. The first-order chi connectivity index (χ1) is 7.19. The third-order valence-corrected chi connectivity index (χ3v) is 2.97. The third-order valence-electron chi connectivity index (χ3n) is 2.18. The van der Waals surface area contributed by atoms with Crippen LogP contribution < -0.4 is 0 Å². The number of hydrogen-bond acceptors (Lipinski definition) is 1. The van der Waals surface area contributed by atoms with Gasteiger partial charge in [-0.15, -0.1) is 0 Å². The topological polar surface area (TPSA) is 37.3 Å². The van der Waals surface area contributed by atoms with E-state index in [1.807, 2.05) is 6.07 Å². The molecule has 1 aromatic carbocycles. The summed E-state index contributed by atoms with van der Waals surface area (Å²) in [5.41, 5.74) is 2.70. The predicted molar refractivity (Wildman–Crippen MR) is 68.4 cm³/mol. The van der Waals surface area contributed by atoms with Crippen molar-refractivity contribution in [2.45, 2.75) is 12.8 Å². The van der Waals surface area contributed by atoms with Gasteiger partial charge in [-0.3, -0.25) is 0 Å². The molecular formula is C11H12Br2O2. The number of aromatic carboxylic acids is 1. The summed E-state index contributed by atoms with van der Waals surface area (Å²) in [6.07, 6.45) is 1.80. The number of rotatable bonds is 5. The van der Waals surface area contributed by atoms with Crippen molar-refractivity contribution in [3.8, 4) is 0 Å². The monoisotopic (exact) mass is 334 g/mol. The van der Waals surface area contributed by atoms with Gasteiger partial charge in [0, 0.05) is 10.7 Å². The minimum Gasteiger partial charge on any atom is -0.478 e. The molecule has 0 aliphatic heterocycles. The first-order valence-corrected chi connectivity index (χ1v) is 6.90. The summed E-state index contributed by atoms with van der Waals surface area (Å²) in [5, 5.41) is 10.6. The average molecular weight is 336 g/mol. The number of alkyl halides is 2. The van der Waals surface area contributed by atoms with Crippen LogP contribution in [0, 0.1) is 0 Å². The largest absolute Gasteiger partial charge is 0.478 e. The van der Waals surface area contributed by atoms with Crippen molar-refractivity contribution in [3.63, 3.8) is 0 Å². The Labute approximate surface area is 106 Å². The minimum atomic E-state index is -0.865. The van der Waals surface area contributed by atoms with Crippen LogP contribution in [-0.2, 0) is 12.8 Å². The lowest BCUT2D eigenvalue weighted by Crippen LogP contribution is -2.02. The van der Waals surface area contributed by atoms with Crippen LogP contribution in [0.3, 0.4) is 0 Å². The number of aryl methyl sites for hydroxylation is 2. The molecule has 15 heavy (non-hydrogen) atoms. The lowest BCUT2D eigenvalue weighted by Gasteiger charge is -2.08. The van der Waals surface area contributed by atoms with Crippen molar-refractivity contribution in [2.75, 3.05) is 10.7 Å². The highest BCUT2D eigenvalue weighted by molar-refractivity contribution is 9.09. The molecule has 0 bridgehead atoms. The highest BCUT2D eigenvalue weighted by Gasteiger charge is 2.07. The Bertz CT molecular complexity index is 350. The van der Waals surface area contributed by atoms with Crippen molar-refractivity contribution in [3.05, 3.63) is 34.9 Å². The van der Waals surface area contributed by atoms with E-state index in [1.54, 1.807) is 12.1 Å². The SMILES string of the molecule is O=C(O)c1ccc(CCBr)c(CCBr)c1. The van der Waals surface area contributed by atoms with Crippen molar-refractivity contribution in [1.29, 1.82) is 0 Å². The second-order valence-corrected chi connectivity index (χ2v) is 4.75. The van der Waals surface area contributed by atoms with Gasteiger partial charge in [0.05, 0.1) is 5.56 Å². The van der Waals surface area contributed by atoms with Gasteiger partial charge < -0.3 is 5.11 Å². The number of carboxylic acid groups (broad SMARTS) is 1. The van der Waals surface area contributed by atoms with Crippen LogP contribution in [-0.4, -0.2) is 21.7 Å². The fraction of sp³-hybridized carbons (Fsp3) is 0.364. The molecule has 0 saturated carbocycles. The molecule has 0 amide bonds. The van der Waals surface area contributed by atoms with Gasteiger partial charge in [-0.2, -0.15) is 0 Å². The number of benzene rings is 1. The molecule has 2 nitrogen and oxygen atoms in total. The second-order valence-electron chi connectivity index (χ2n) is 3.17. The summed E-state index contributed by atoms with van der Waals surface area (Å²) >= 11 is 6.76. The minimum absolute atomic E-state index is 0.365. The van der Waals surface area contributed by atoms with E-state index in [4.69, 9.17) is 5.11 Å². The smallest absolute Gasteiger partial charge is 0.335 e. The van der Waals surface area contributed by atoms with Gasteiger partial charge in [-0.25, -0.2) is 4.79 Å². The van der Waals surface area contributed by atoms with Crippen LogP contribution in [0.2, 0.25) is 0 Å². The Morgan fingerprint density at radius 1 is 1.13 bits per heavy atom. The van der Waals surface area contributed by atoms with E-state index in [-0.39, 0.29) is 0 Å². The molecule has 82 valence electrons. The lowest BCUT2D eigenvalue weighted by atomic mass is 10.0. The Hall–Kier alpha value is -0.350. The first-order valence-electron chi connectivity index (χ1n) is 4.66. The Balaban J connectivity index is 3.02. The predicted octanol–water partition coefficient (Wildman–Crippen LogP) is 3.26. The Morgan fingerprint density at radius 3 is 2.27 bits per heavy atom. The summed E-state index contributed by atoms with van der Waals surface area (Å²) in [4.78, 5) is 10.8. The van der Waals surface area contributed by atoms with Gasteiger partial charge in [-0.1, -0.05) is 37.9 Å². The molecule has 0 radical (unpaired) electrons. The van der Waals surface area contributed by atoms with Gasteiger partial charge >= 0.3 is 5.97 Å². The number of hydrogen-bond donors (Lipinski definition) is 1. The van der Waals surface area contributed by atoms with E-state index < -0.39 is 5.97 Å². The van der Waals surface area contributed by atoms with Crippen LogP contribution >= 0.6 is 31.9 Å². The van der Waals surface area contributed by atoms with Crippen LogP contribution in [0.25, 0.3) is 0 Å². The molecule has 4 heteroatoms. The molecule has 1 N–H and O–H groups in total. The van der Waals surface area contributed by atoms with Crippen molar-refractivity contribution < 1.29 is 9.90 Å². The molecule has 0 unspecified atom stereocenters. The lowest BCUT2D eigenvalue weighted by molar-refractivity contribution is 0.0697. The number of carboxylic acids is 1. The maximum absolute atomic E-state index is 10.8. The van der Waals surface area contributed by atoms with Gasteiger partial charge in [-0.05, 0) is 36.1 Å². The van der Waals surface area contributed by atoms with Crippen LogP contribution in [0.4, 0.5) is 0 Å². The highest BCUT2D eigenvalue weighted by atomic mass is 79.9. The summed E-state index contributed by atoms with van der Waals surface area (Å²) in [6.45, 7) is 0. The van der Waals surface area contributed by atoms with Gasteiger partial charge in [0.15, 0.2) is 0 Å². The molecule has 0 fully saturated rings. The zero-order valence-corrected chi connectivity index (χ0v) is 11.3. The fourth-order valence-corrected chi connectivity index (χ4v) is 2.29. The standard InChI is InChI=1S/C11H12Br2O2/c12-5-3-8-1-2-10(11(14)15)7-9(8)4-6-13/h1-2,7H,3-6H2,(H,14,15). The third kappa shape index (κ3) is 3.61. The Kier molecular flexibility index (Phi) is 5.32. The number of halogens is 2. The second kappa shape index (κ2) is 6.28. The zero-order valence-electron chi connectivity index (χ0n) is 8.17. The van der Waals surface area contributed by atoms with Crippen LogP contribution in [0.1, 0.15) is 21.5 Å². The van der Waals surface area contributed by atoms with E-state index in [1.165, 1.54) is 5.56 Å². The highest BCUT2D eigenvalue weighted by Crippen LogP contribution is 2.15. The molecule has 0 atom stereocenters. The van der Waals surface area contributed by atoms with E-state index >= 15 is 0 Å². The van der Waals surface area contributed by atoms with Crippen molar-refractivity contribution in [1.82, 2.24) is 0 Å². The quantitative estimate of drug-likeness (QED) is 0.838. The molecule has 0 aliphatic rings. The molecule has 0 aromatic heterocycles. The first kappa shape index (κ1) is 12.7.